The summed E-state index contributed by atoms with van der Waals surface area (Å²) in [4.78, 5) is 5.05. The van der Waals surface area contributed by atoms with E-state index in [1.807, 2.05) is 6.92 Å². The molecule has 10 heteroatoms. The summed E-state index contributed by atoms with van der Waals surface area (Å²) in [6.45, 7) is 9.74. The van der Waals surface area contributed by atoms with Crippen molar-refractivity contribution >= 4 is 47.8 Å². The third-order valence-corrected chi connectivity index (χ3v) is 8.14. The highest BCUT2D eigenvalue weighted by Crippen LogP contribution is 2.37. The highest BCUT2D eigenvalue weighted by atomic mass is 35.5. The second-order valence-electron chi connectivity index (χ2n) is 10.3. The number of hydrogen-bond donors (Lipinski definition) is 1. The molecule has 1 unspecified atom stereocenters. The van der Waals surface area contributed by atoms with Crippen molar-refractivity contribution in [1.82, 2.24) is 9.55 Å². The molecule has 196 valence electrons. The van der Waals surface area contributed by atoms with Crippen LogP contribution in [-0.2, 0) is 17.9 Å². The molecule has 0 aliphatic carbocycles. The van der Waals surface area contributed by atoms with Gasteiger partial charge in [-0.2, -0.15) is 0 Å². The Hall–Kier alpha value is -1.91. The van der Waals surface area contributed by atoms with Gasteiger partial charge in [0.15, 0.2) is 17.4 Å². The molecule has 0 aliphatic heterocycles. The second-order valence-corrected chi connectivity index (χ2v) is 16.9. The quantitative estimate of drug-likeness (QED) is 0.136. The standard InChI is InChI=1S/C26H33ClF2N2O3SSi/c1-17(15-32)5-6-19(35)11-18-12-21(28)25(22(29)13-18)34-23-7-8-30-26-24(23)20(27)14-31(26)16-33-9-10-36(2,3)4/h7-8,12-14,17,32H,5-6,9-11,15-16H2,1-4H3. The lowest BCUT2D eigenvalue weighted by atomic mass is 10.0. The first kappa shape index (κ1) is 28.7. The van der Waals surface area contributed by atoms with E-state index in [0.717, 1.165) is 12.5 Å². The normalized spacial score (nSPS) is 12.8. The third kappa shape index (κ3) is 7.79. The van der Waals surface area contributed by atoms with E-state index < -0.39 is 25.5 Å². The summed E-state index contributed by atoms with van der Waals surface area (Å²) >= 11 is 11.8. The minimum atomic E-state index is -1.21. The van der Waals surface area contributed by atoms with Gasteiger partial charge in [0, 0.05) is 40.1 Å². The molecule has 5 nitrogen and oxygen atoms in total. The molecule has 0 bridgehead atoms. The molecule has 0 aliphatic rings. The monoisotopic (exact) mass is 554 g/mol. The van der Waals surface area contributed by atoms with E-state index in [9.17, 15) is 8.78 Å². The molecule has 2 aromatic heterocycles. The number of nitrogens with zero attached hydrogens (tertiary/aromatic N) is 2. The van der Waals surface area contributed by atoms with Gasteiger partial charge >= 0.3 is 0 Å². The first-order valence-electron chi connectivity index (χ1n) is 12.0. The summed E-state index contributed by atoms with van der Waals surface area (Å²) in [6, 6.07) is 5.02. The Morgan fingerprint density at radius 1 is 1.25 bits per heavy atom. The lowest BCUT2D eigenvalue weighted by molar-refractivity contribution is 0.0899. The molecular weight excluding hydrogens is 522 g/mol. The van der Waals surface area contributed by atoms with Crippen LogP contribution in [0.5, 0.6) is 11.5 Å². The highest BCUT2D eigenvalue weighted by Gasteiger charge is 2.19. The zero-order valence-electron chi connectivity index (χ0n) is 21.1. The molecule has 0 spiro atoms. The van der Waals surface area contributed by atoms with Crippen LogP contribution in [0.15, 0.2) is 30.6 Å². The molecule has 0 saturated heterocycles. The number of halogens is 3. The van der Waals surface area contributed by atoms with Crippen molar-refractivity contribution < 1.29 is 23.4 Å². The predicted octanol–water partition coefficient (Wildman–Crippen LogP) is 7.39. The van der Waals surface area contributed by atoms with E-state index in [1.165, 1.54) is 24.4 Å². The van der Waals surface area contributed by atoms with Crippen molar-refractivity contribution in [2.75, 3.05) is 13.2 Å². The molecular formula is C26H33ClF2N2O3SSi. The van der Waals surface area contributed by atoms with E-state index in [1.54, 1.807) is 10.8 Å². The molecule has 36 heavy (non-hydrogen) atoms. The number of benzene rings is 1. The maximum absolute atomic E-state index is 14.9. The Labute approximate surface area is 222 Å². The van der Waals surface area contributed by atoms with E-state index in [-0.39, 0.29) is 31.4 Å². The lowest BCUT2D eigenvalue weighted by Crippen LogP contribution is -2.22. The van der Waals surface area contributed by atoms with Gasteiger partial charge in [-0.05, 0) is 53.4 Å². The zero-order chi connectivity index (χ0) is 26.5. The second kappa shape index (κ2) is 12.6. The minimum absolute atomic E-state index is 0.0825. The Morgan fingerprint density at radius 3 is 2.58 bits per heavy atom. The number of ether oxygens (including phenoxy) is 2. The number of aliphatic hydroxyl groups excluding tert-OH is 1. The van der Waals surface area contributed by atoms with Gasteiger partial charge in [0.2, 0.25) is 0 Å². The smallest absolute Gasteiger partial charge is 0.198 e. The van der Waals surface area contributed by atoms with E-state index in [4.69, 9.17) is 38.4 Å². The predicted molar refractivity (Wildman–Crippen MR) is 147 cm³/mol. The van der Waals surface area contributed by atoms with Crippen LogP contribution in [0.4, 0.5) is 8.78 Å². The highest BCUT2D eigenvalue weighted by molar-refractivity contribution is 7.80. The van der Waals surface area contributed by atoms with E-state index in [2.05, 4.69) is 24.6 Å². The first-order chi connectivity index (χ1) is 17.0. The molecule has 0 amide bonds. The topological polar surface area (TPSA) is 56.5 Å². The summed E-state index contributed by atoms with van der Waals surface area (Å²) in [5.74, 6) is -1.84. The average molecular weight is 555 g/mol. The van der Waals surface area contributed by atoms with Gasteiger partial charge in [-0.25, -0.2) is 13.8 Å². The lowest BCUT2D eigenvalue weighted by Gasteiger charge is -2.15. The Kier molecular flexibility index (Phi) is 9.99. The molecule has 3 rings (SSSR count). The van der Waals surface area contributed by atoms with Gasteiger partial charge < -0.3 is 19.1 Å². The Balaban J connectivity index is 1.76. The SMILES string of the molecule is CC(CO)CCC(=S)Cc1cc(F)c(Oc2ccnc3c2c(Cl)cn3COCC[Si](C)(C)C)c(F)c1. The summed E-state index contributed by atoms with van der Waals surface area (Å²) in [5.41, 5.74) is 0.934. The van der Waals surface area contributed by atoms with Crippen LogP contribution >= 0.6 is 23.8 Å². The van der Waals surface area contributed by atoms with Crippen LogP contribution in [0.2, 0.25) is 30.7 Å². The van der Waals surface area contributed by atoms with Gasteiger partial charge in [0.05, 0.1) is 10.4 Å². The number of aliphatic hydroxyl groups is 1. The zero-order valence-corrected chi connectivity index (χ0v) is 23.7. The number of fused-ring (bicyclic) bond motifs is 1. The number of pyridine rings is 1. The van der Waals surface area contributed by atoms with Gasteiger partial charge in [0.1, 0.15) is 18.1 Å². The van der Waals surface area contributed by atoms with Gasteiger partial charge in [-0.3, -0.25) is 0 Å². The van der Waals surface area contributed by atoms with E-state index >= 15 is 0 Å². The first-order valence-corrected chi connectivity index (χ1v) is 16.5. The van der Waals surface area contributed by atoms with Crippen LogP contribution in [0.1, 0.15) is 25.3 Å². The third-order valence-electron chi connectivity index (χ3n) is 5.80. The molecule has 3 aromatic rings. The van der Waals surface area contributed by atoms with Gasteiger partial charge in [0.25, 0.3) is 0 Å². The van der Waals surface area contributed by atoms with Crippen LogP contribution < -0.4 is 4.74 Å². The van der Waals surface area contributed by atoms with Crippen LogP contribution in [0.25, 0.3) is 11.0 Å². The molecule has 0 saturated carbocycles. The van der Waals surface area contributed by atoms with Crippen LogP contribution in [0, 0.1) is 17.6 Å². The number of thiocarbonyl (C=S) groups is 1. The average Bonchev–Trinajstić information content (AvgIpc) is 3.13. The Morgan fingerprint density at radius 2 is 1.94 bits per heavy atom. The number of hydrogen-bond acceptors (Lipinski definition) is 5. The fourth-order valence-electron chi connectivity index (χ4n) is 3.60. The maximum Gasteiger partial charge on any atom is 0.198 e. The Bertz CT molecular complexity index is 1190. The fourth-order valence-corrected chi connectivity index (χ4v) is 4.94. The van der Waals surface area contributed by atoms with Crippen molar-refractivity contribution in [3.8, 4) is 11.5 Å². The van der Waals surface area contributed by atoms with Crippen LogP contribution in [0.3, 0.4) is 0 Å². The molecule has 0 radical (unpaired) electrons. The van der Waals surface area contributed by atoms with Crippen molar-refractivity contribution in [2.24, 2.45) is 5.92 Å². The van der Waals surface area contributed by atoms with Gasteiger partial charge in [-0.15, -0.1) is 0 Å². The summed E-state index contributed by atoms with van der Waals surface area (Å²) in [7, 11) is -1.21. The van der Waals surface area contributed by atoms with Crippen LogP contribution in [-0.4, -0.2) is 40.8 Å². The van der Waals surface area contributed by atoms with Crippen molar-refractivity contribution in [2.45, 2.75) is 58.6 Å². The summed E-state index contributed by atoms with van der Waals surface area (Å²) < 4.78 is 43.1. The molecule has 2 heterocycles. The van der Waals surface area contributed by atoms with Crippen molar-refractivity contribution in [3.63, 3.8) is 0 Å². The van der Waals surface area contributed by atoms with Crippen molar-refractivity contribution in [1.29, 1.82) is 0 Å². The van der Waals surface area contributed by atoms with Gasteiger partial charge in [-0.1, -0.05) is 50.4 Å². The maximum atomic E-state index is 14.9. The number of aromatic nitrogens is 2. The molecule has 1 N–H and O–H groups in total. The van der Waals surface area contributed by atoms with E-state index in [0.29, 0.717) is 39.5 Å². The molecule has 1 atom stereocenters. The summed E-state index contributed by atoms with van der Waals surface area (Å²) in [6.07, 6.45) is 4.78. The molecule has 1 aromatic carbocycles. The number of rotatable bonds is 13. The summed E-state index contributed by atoms with van der Waals surface area (Å²) in [5, 5.41) is 9.95. The minimum Gasteiger partial charge on any atom is -0.450 e. The fraction of sp³-hybridized carbons (Fsp3) is 0.462. The van der Waals surface area contributed by atoms with Crippen molar-refractivity contribution in [3.05, 3.63) is 52.8 Å². The molecule has 0 fully saturated rings. The largest absolute Gasteiger partial charge is 0.450 e.